The molecular formula is C59H111NO13. The van der Waals surface area contributed by atoms with E-state index in [1.54, 1.807) is 0 Å². The van der Waals surface area contributed by atoms with E-state index in [-0.39, 0.29) is 18.9 Å². The zero-order chi connectivity index (χ0) is 53.2. The minimum atomic E-state index is -1.78. The van der Waals surface area contributed by atoms with Crippen LogP contribution >= 0.6 is 0 Å². The topological polar surface area (TPSA) is 228 Å². The molecule has 12 unspecified atom stereocenters. The third kappa shape index (κ3) is 31.5. The predicted octanol–water partition coefficient (Wildman–Crippen LogP) is 10.1. The first-order chi connectivity index (χ1) is 35.6. The van der Waals surface area contributed by atoms with Crippen LogP contribution in [-0.4, -0.2) is 140 Å². The van der Waals surface area contributed by atoms with Crippen LogP contribution in [0.25, 0.3) is 0 Å². The van der Waals surface area contributed by atoms with Crippen molar-refractivity contribution >= 4 is 5.91 Å². The highest BCUT2D eigenvalue weighted by Gasteiger charge is 2.51. The van der Waals surface area contributed by atoms with Crippen molar-refractivity contribution in [1.29, 1.82) is 0 Å². The molecule has 0 aliphatic carbocycles. The maximum Gasteiger partial charge on any atom is 0.220 e. The average Bonchev–Trinajstić information content (AvgIpc) is 3.39. The van der Waals surface area contributed by atoms with Crippen molar-refractivity contribution in [1.82, 2.24) is 5.32 Å². The zero-order valence-electron chi connectivity index (χ0n) is 46.1. The number of aliphatic hydroxyl groups is 8. The molecule has 9 N–H and O–H groups in total. The van der Waals surface area contributed by atoms with E-state index in [2.05, 4.69) is 43.5 Å². The number of aliphatic hydroxyl groups excluding tert-OH is 8. The number of carbonyl (C=O) groups excluding carboxylic acids is 1. The van der Waals surface area contributed by atoms with Gasteiger partial charge in [-0.15, -0.1) is 0 Å². The molecule has 2 saturated heterocycles. The quantitative estimate of drug-likeness (QED) is 0.0204. The Labute approximate surface area is 443 Å². The SMILES string of the molecule is CCCC/C=C\C/C=C\CCCCCCCC(=O)NC(COC1OC(CO)C(OC2OC(CO)C(O)C(O)C2O)C(O)C1O)C(O)CCCCCCCCCCCCCCCCCCCCCCCCCCC. The largest absolute Gasteiger partial charge is 0.394 e. The number of nitrogens with one attached hydrogen (secondary N) is 1. The van der Waals surface area contributed by atoms with E-state index in [0.29, 0.717) is 12.8 Å². The molecule has 2 aliphatic heterocycles. The summed E-state index contributed by atoms with van der Waals surface area (Å²) in [7, 11) is 0. The van der Waals surface area contributed by atoms with Gasteiger partial charge in [0.25, 0.3) is 0 Å². The first-order valence-electron chi connectivity index (χ1n) is 30.1. The summed E-state index contributed by atoms with van der Waals surface area (Å²) < 4.78 is 22.8. The second-order valence-corrected chi connectivity index (χ2v) is 21.5. The molecule has 2 rings (SSSR count). The van der Waals surface area contributed by atoms with Crippen LogP contribution < -0.4 is 5.32 Å². The standard InChI is InChI=1S/C59H111NO13/c1-3-5-7-9-11-13-15-17-19-20-21-22-23-24-25-26-27-28-29-30-32-34-36-38-40-42-48(63)47(60-51(64)43-41-39-37-35-33-31-18-16-14-12-10-8-6-4-2)46-70-58-56(69)54(67)57(50(45-62)72-58)73-59-55(68)53(66)52(65)49(44-61)71-59/h10,12,16,18,47-50,52-59,61-63,65-69H,3-9,11,13-15,17,19-46H2,1-2H3,(H,60,64)/b12-10-,18-16-. The fourth-order valence-electron chi connectivity index (χ4n) is 10.0. The molecule has 2 aliphatic rings. The second-order valence-electron chi connectivity index (χ2n) is 21.5. The van der Waals surface area contributed by atoms with Gasteiger partial charge in [-0.05, 0) is 38.5 Å². The van der Waals surface area contributed by atoms with Crippen molar-refractivity contribution in [3.63, 3.8) is 0 Å². The molecule has 0 aromatic heterocycles. The van der Waals surface area contributed by atoms with Gasteiger partial charge in [-0.3, -0.25) is 4.79 Å². The number of hydrogen-bond donors (Lipinski definition) is 9. The van der Waals surface area contributed by atoms with Gasteiger partial charge in [0, 0.05) is 6.42 Å². The average molecular weight is 1040 g/mol. The Morgan fingerprint density at radius 2 is 0.918 bits per heavy atom. The van der Waals surface area contributed by atoms with Gasteiger partial charge in [0.1, 0.15) is 48.8 Å². The lowest BCUT2D eigenvalue weighted by Gasteiger charge is -2.46. The number of carbonyl (C=O) groups is 1. The molecule has 2 heterocycles. The molecule has 12 atom stereocenters. The molecule has 0 radical (unpaired) electrons. The molecule has 0 spiro atoms. The van der Waals surface area contributed by atoms with E-state index < -0.39 is 86.8 Å². The van der Waals surface area contributed by atoms with Crippen LogP contribution in [0.5, 0.6) is 0 Å². The molecule has 14 heteroatoms. The van der Waals surface area contributed by atoms with Crippen molar-refractivity contribution in [2.24, 2.45) is 0 Å². The highest BCUT2D eigenvalue weighted by Crippen LogP contribution is 2.30. The molecule has 14 nitrogen and oxygen atoms in total. The fraction of sp³-hybridized carbons (Fsp3) is 0.915. The van der Waals surface area contributed by atoms with Crippen LogP contribution in [-0.2, 0) is 23.7 Å². The van der Waals surface area contributed by atoms with E-state index in [9.17, 15) is 45.6 Å². The van der Waals surface area contributed by atoms with Gasteiger partial charge >= 0.3 is 0 Å². The fourth-order valence-corrected chi connectivity index (χ4v) is 10.0. The summed E-state index contributed by atoms with van der Waals surface area (Å²) in [4.78, 5) is 13.2. The lowest BCUT2D eigenvalue weighted by atomic mass is 9.97. The summed E-state index contributed by atoms with van der Waals surface area (Å²) in [6, 6.07) is -0.834. The monoisotopic (exact) mass is 1040 g/mol. The number of amides is 1. The van der Waals surface area contributed by atoms with Crippen LogP contribution in [0.1, 0.15) is 251 Å². The van der Waals surface area contributed by atoms with Crippen LogP contribution in [0.2, 0.25) is 0 Å². The summed E-state index contributed by atoms with van der Waals surface area (Å²) in [6.07, 6.45) is 36.1. The maximum atomic E-state index is 13.2. The van der Waals surface area contributed by atoms with Gasteiger partial charge in [0.15, 0.2) is 12.6 Å². The lowest BCUT2D eigenvalue weighted by Crippen LogP contribution is -2.65. The molecule has 0 aromatic rings. The Kier molecular flexibility index (Phi) is 42.1. The Morgan fingerprint density at radius 3 is 1.41 bits per heavy atom. The normalized spacial score (nSPS) is 25.5. The molecule has 1 amide bonds. The van der Waals surface area contributed by atoms with Crippen LogP contribution in [0.3, 0.4) is 0 Å². The minimum absolute atomic E-state index is 0.219. The van der Waals surface area contributed by atoms with Gasteiger partial charge in [-0.25, -0.2) is 0 Å². The van der Waals surface area contributed by atoms with E-state index in [0.717, 1.165) is 70.6 Å². The number of hydrogen-bond acceptors (Lipinski definition) is 13. The summed E-state index contributed by atoms with van der Waals surface area (Å²) in [6.45, 7) is 2.83. The Balaban J connectivity index is 1.72. The third-order valence-electron chi connectivity index (χ3n) is 14.9. The zero-order valence-corrected chi connectivity index (χ0v) is 46.1. The molecule has 2 fully saturated rings. The van der Waals surface area contributed by atoms with E-state index in [1.165, 1.54) is 148 Å². The molecule has 0 bridgehead atoms. The maximum absolute atomic E-state index is 13.2. The van der Waals surface area contributed by atoms with Crippen molar-refractivity contribution in [2.75, 3.05) is 19.8 Å². The first kappa shape index (κ1) is 67.6. The summed E-state index contributed by atoms with van der Waals surface area (Å²) in [5, 5.41) is 87.2. The molecule has 0 aromatic carbocycles. The van der Waals surface area contributed by atoms with Gasteiger partial charge in [-0.2, -0.15) is 0 Å². The Morgan fingerprint density at radius 1 is 0.493 bits per heavy atom. The van der Waals surface area contributed by atoms with Crippen molar-refractivity contribution < 1.29 is 64.6 Å². The Hall–Kier alpha value is -1.53. The smallest absolute Gasteiger partial charge is 0.220 e. The number of ether oxygens (including phenoxy) is 4. The predicted molar refractivity (Wildman–Crippen MR) is 291 cm³/mol. The van der Waals surface area contributed by atoms with Crippen molar-refractivity contribution in [3.8, 4) is 0 Å². The number of rotatable bonds is 48. The van der Waals surface area contributed by atoms with E-state index >= 15 is 0 Å². The van der Waals surface area contributed by atoms with E-state index in [4.69, 9.17) is 18.9 Å². The second kappa shape index (κ2) is 45.5. The number of unbranched alkanes of at least 4 members (excludes halogenated alkanes) is 31. The summed E-state index contributed by atoms with van der Waals surface area (Å²) in [5.74, 6) is -0.219. The summed E-state index contributed by atoms with van der Waals surface area (Å²) >= 11 is 0. The number of allylic oxidation sites excluding steroid dienone is 4. The van der Waals surface area contributed by atoms with E-state index in [1.807, 2.05) is 0 Å². The molecule has 73 heavy (non-hydrogen) atoms. The van der Waals surface area contributed by atoms with Gasteiger partial charge in [-0.1, -0.05) is 231 Å². The van der Waals surface area contributed by atoms with Crippen LogP contribution in [0.15, 0.2) is 24.3 Å². The lowest BCUT2D eigenvalue weighted by molar-refractivity contribution is -0.359. The van der Waals surface area contributed by atoms with Crippen molar-refractivity contribution in [2.45, 2.75) is 325 Å². The van der Waals surface area contributed by atoms with Crippen molar-refractivity contribution in [3.05, 3.63) is 24.3 Å². The highest BCUT2D eigenvalue weighted by atomic mass is 16.7. The van der Waals surface area contributed by atoms with Crippen LogP contribution in [0.4, 0.5) is 0 Å². The first-order valence-corrected chi connectivity index (χ1v) is 30.1. The summed E-state index contributed by atoms with van der Waals surface area (Å²) in [5.41, 5.74) is 0. The Bertz CT molecular complexity index is 1320. The molecular weight excluding hydrogens is 931 g/mol. The van der Waals surface area contributed by atoms with Crippen LogP contribution in [0, 0.1) is 0 Å². The van der Waals surface area contributed by atoms with Gasteiger partial charge < -0.3 is 65.1 Å². The molecule has 0 saturated carbocycles. The minimum Gasteiger partial charge on any atom is -0.394 e. The highest BCUT2D eigenvalue weighted by molar-refractivity contribution is 5.76. The molecule has 430 valence electrons. The van der Waals surface area contributed by atoms with Gasteiger partial charge in [0.05, 0.1) is 32.0 Å². The third-order valence-corrected chi connectivity index (χ3v) is 14.9. The van der Waals surface area contributed by atoms with Gasteiger partial charge in [0.2, 0.25) is 5.91 Å².